The number of hydrogen-bond acceptors (Lipinski definition) is 3. The van der Waals surface area contributed by atoms with Gasteiger partial charge in [-0.3, -0.25) is 4.79 Å². The zero-order chi connectivity index (χ0) is 15.5. The average Bonchev–Trinajstić information content (AvgIpc) is 2.47. The summed E-state index contributed by atoms with van der Waals surface area (Å²) in [4.78, 5) is 11.6. The van der Waals surface area contributed by atoms with Crippen LogP contribution in [0.5, 0.6) is 0 Å². The molecule has 0 N–H and O–H groups in total. The van der Waals surface area contributed by atoms with Gasteiger partial charge in [0.1, 0.15) is 16.5 Å². The van der Waals surface area contributed by atoms with E-state index in [1.165, 1.54) is 12.1 Å². The molecule has 0 bridgehead atoms. The molecule has 0 radical (unpaired) electrons. The first-order chi connectivity index (χ1) is 9.94. The van der Waals surface area contributed by atoms with Gasteiger partial charge < -0.3 is 0 Å². The van der Waals surface area contributed by atoms with Gasteiger partial charge in [-0.15, -0.1) is 0 Å². The van der Waals surface area contributed by atoms with Gasteiger partial charge in [0, 0.05) is 5.56 Å². The minimum absolute atomic E-state index is 0.312. The number of halogens is 1. The summed E-state index contributed by atoms with van der Waals surface area (Å²) >= 11 is 0. The second-order valence-corrected chi connectivity index (χ2v) is 6.62. The van der Waals surface area contributed by atoms with Gasteiger partial charge in [-0.1, -0.05) is 43.3 Å². The van der Waals surface area contributed by atoms with Crippen LogP contribution in [0.4, 0.5) is 4.39 Å². The highest BCUT2D eigenvalue weighted by atomic mass is 32.2. The van der Waals surface area contributed by atoms with E-state index in [0.29, 0.717) is 5.56 Å². The molecule has 110 valence electrons. The van der Waals surface area contributed by atoms with E-state index in [1.807, 2.05) is 6.92 Å². The molecule has 0 saturated heterocycles. The molecule has 0 heterocycles. The molecule has 2 aromatic rings. The number of hydrogen-bond donors (Lipinski definition) is 0. The van der Waals surface area contributed by atoms with E-state index in [0.717, 1.165) is 24.1 Å². The van der Waals surface area contributed by atoms with Gasteiger partial charge in [-0.05, 0) is 24.1 Å². The van der Waals surface area contributed by atoms with Crippen LogP contribution in [0, 0.1) is 5.82 Å². The maximum absolute atomic E-state index is 13.5. The molecule has 5 heteroatoms. The Hall–Kier alpha value is -2.01. The van der Waals surface area contributed by atoms with Crippen molar-refractivity contribution in [2.45, 2.75) is 18.2 Å². The first kappa shape index (κ1) is 15.4. The molecule has 2 aromatic carbocycles. The SMILES string of the molecule is CCc1ccc(C(=O)CS(=O)(=O)c2ccccc2F)cc1. The molecule has 2 rings (SSSR count). The van der Waals surface area contributed by atoms with Crippen molar-refractivity contribution in [3.8, 4) is 0 Å². The summed E-state index contributed by atoms with van der Waals surface area (Å²) in [5, 5.41) is 0. The van der Waals surface area contributed by atoms with E-state index in [4.69, 9.17) is 0 Å². The zero-order valence-corrected chi connectivity index (χ0v) is 12.4. The van der Waals surface area contributed by atoms with Crippen LogP contribution in [0.3, 0.4) is 0 Å². The zero-order valence-electron chi connectivity index (χ0n) is 11.5. The minimum atomic E-state index is -3.98. The van der Waals surface area contributed by atoms with Crippen molar-refractivity contribution in [2.24, 2.45) is 0 Å². The van der Waals surface area contributed by atoms with Crippen LogP contribution < -0.4 is 0 Å². The molecule has 0 aliphatic heterocycles. The van der Waals surface area contributed by atoms with Gasteiger partial charge in [-0.25, -0.2) is 12.8 Å². The molecule has 0 aliphatic carbocycles. The van der Waals surface area contributed by atoms with Crippen LogP contribution in [-0.4, -0.2) is 20.0 Å². The predicted octanol–water partition coefficient (Wildman–Crippen LogP) is 3.04. The summed E-state index contributed by atoms with van der Waals surface area (Å²) in [6.45, 7) is 1.99. The van der Waals surface area contributed by atoms with Gasteiger partial charge in [0.15, 0.2) is 15.6 Å². The third-order valence-corrected chi connectivity index (χ3v) is 4.82. The Kier molecular flexibility index (Phi) is 4.53. The third kappa shape index (κ3) is 3.55. The second-order valence-electron chi connectivity index (χ2n) is 4.66. The lowest BCUT2D eigenvalue weighted by molar-refractivity contribution is 0.102. The fraction of sp³-hybridized carbons (Fsp3) is 0.188. The summed E-state index contributed by atoms with van der Waals surface area (Å²) in [7, 11) is -3.98. The maximum Gasteiger partial charge on any atom is 0.188 e. The third-order valence-electron chi connectivity index (χ3n) is 3.18. The Morgan fingerprint density at radius 1 is 1.05 bits per heavy atom. The lowest BCUT2D eigenvalue weighted by Crippen LogP contribution is -2.17. The molecule has 0 saturated carbocycles. The molecule has 0 unspecified atom stereocenters. The number of rotatable bonds is 5. The number of aryl methyl sites for hydroxylation is 1. The highest BCUT2D eigenvalue weighted by molar-refractivity contribution is 7.92. The highest BCUT2D eigenvalue weighted by Crippen LogP contribution is 2.17. The number of Topliss-reactive ketones (excluding diaryl/α,β-unsaturated/α-hetero) is 1. The Balaban J connectivity index is 2.24. The fourth-order valence-electron chi connectivity index (χ4n) is 1.96. The van der Waals surface area contributed by atoms with Crippen LogP contribution in [0.2, 0.25) is 0 Å². The van der Waals surface area contributed by atoms with Gasteiger partial charge in [0.05, 0.1) is 0 Å². The second kappa shape index (κ2) is 6.18. The maximum atomic E-state index is 13.5. The van der Waals surface area contributed by atoms with E-state index >= 15 is 0 Å². The van der Waals surface area contributed by atoms with Gasteiger partial charge in [-0.2, -0.15) is 0 Å². The Bertz CT molecular complexity index is 749. The minimum Gasteiger partial charge on any atom is -0.293 e. The Morgan fingerprint density at radius 3 is 2.24 bits per heavy atom. The molecular weight excluding hydrogens is 291 g/mol. The number of sulfone groups is 1. The molecule has 0 aromatic heterocycles. The summed E-state index contributed by atoms with van der Waals surface area (Å²) in [6.07, 6.45) is 0.835. The van der Waals surface area contributed by atoms with E-state index in [2.05, 4.69) is 0 Å². The number of carbonyl (C=O) groups is 1. The van der Waals surface area contributed by atoms with Crippen molar-refractivity contribution in [1.82, 2.24) is 0 Å². The quantitative estimate of drug-likeness (QED) is 0.798. The van der Waals surface area contributed by atoms with Crippen molar-refractivity contribution in [3.63, 3.8) is 0 Å². The molecule has 0 aliphatic rings. The largest absolute Gasteiger partial charge is 0.293 e. The smallest absolute Gasteiger partial charge is 0.188 e. The summed E-state index contributed by atoms with van der Waals surface area (Å²) < 4.78 is 37.7. The molecule has 0 fully saturated rings. The van der Waals surface area contributed by atoms with Crippen molar-refractivity contribution < 1.29 is 17.6 Å². The molecule has 0 amide bonds. The number of ketones is 1. The topological polar surface area (TPSA) is 51.2 Å². The predicted molar refractivity (Wildman–Crippen MR) is 78.6 cm³/mol. The monoisotopic (exact) mass is 306 g/mol. The summed E-state index contributed by atoms with van der Waals surface area (Å²) in [6, 6.07) is 11.8. The first-order valence-corrected chi connectivity index (χ1v) is 8.18. The van der Waals surface area contributed by atoms with Crippen molar-refractivity contribution in [2.75, 3.05) is 5.75 Å². The van der Waals surface area contributed by atoms with Crippen molar-refractivity contribution in [3.05, 3.63) is 65.5 Å². The van der Waals surface area contributed by atoms with Crippen molar-refractivity contribution >= 4 is 15.6 Å². The van der Waals surface area contributed by atoms with E-state index in [1.54, 1.807) is 24.3 Å². The van der Waals surface area contributed by atoms with E-state index in [9.17, 15) is 17.6 Å². The van der Waals surface area contributed by atoms with Crippen LogP contribution in [-0.2, 0) is 16.3 Å². The fourth-order valence-corrected chi connectivity index (χ4v) is 3.28. The van der Waals surface area contributed by atoms with Gasteiger partial charge >= 0.3 is 0 Å². The van der Waals surface area contributed by atoms with Crippen LogP contribution in [0.25, 0.3) is 0 Å². The first-order valence-electron chi connectivity index (χ1n) is 6.53. The van der Waals surface area contributed by atoms with Crippen molar-refractivity contribution in [1.29, 1.82) is 0 Å². The lowest BCUT2D eigenvalue weighted by Gasteiger charge is -2.06. The van der Waals surface area contributed by atoms with Gasteiger partial charge in [0.25, 0.3) is 0 Å². The standard InChI is InChI=1S/C16H15FO3S/c1-2-12-7-9-13(10-8-12)15(18)11-21(19,20)16-6-4-3-5-14(16)17/h3-10H,2,11H2,1H3. The van der Waals surface area contributed by atoms with E-state index in [-0.39, 0.29) is 0 Å². The highest BCUT2D eigenvalue weighted by Gasteiger charge is 2.23. The Labute approximate surface area is 123 Å². The normalized spacial score (nSPS) is 11.3. The molecule has 21 heavy (non-hydrogen) atoms. The molecular formula is C16H15FO3S. The number of benzene rings is 2. The molecule has 3 nitrogen and oxygen atoms in total. The lowest BCUT2D eigenvalue weighted by atomic mass is 10.1. The van der Waals surface area contributed by atoms with Crippen LogP contribution >= 0.6 is 0 Å². The summed E-state index contributed by atoms with van der Waals surface area (Å²) in [5.74, 6) is -2.12. The number of carbonyl (C=O) groups excluding carboxylic acids is 1. The molecule has 0 spiro atoms. The molecule has 0 atom stereocenters. The van der Waals surface area contributed by atoms with Gasteiger partial charge in [0.2, 0.25) is 0 Å². The van der Waals surface area contributed by atoms with Crippen LogP contribution in [0.15, 0.2) is 53.4 Å². The Morgan fingerprint density at radius 2 is 1.67 bits per heavy atom. The summed E-state index contributed by atoms with van der Waals surface area (Å²) in [5.41, 5.74) is 1.37. The van der Waals surface area contributed by atoms with Crippen LogP contribution in [0.1, 0.15) is 22.8 Å². The average molecular weight is 306 g/mol. The van der Waals surface area contributed by atoms with E-state index < -0.39 is 32.1 Å².